The number of amides is 2. The van der Waals surface area contributed by atoms with Crippen molar-refractivity contribution < 1.29 is 9.59 Å². The predicted octanol–water partition coefficient (Wildman–Crippen LogP) is 1.52. The summed E-state index contributed by atoms with van der Waals surface area (Å²) in [6.45, 7) is 7.08. The molecule has 0 spiro atoms. The number of fused-ring (bicyclic) bond motifs is 1. The van der Waals surface area contributed by atoms with Crippen LogP contribution in [-0.4, -0.2) is 58.3 Å². The number of likely N-dealkylation sites (N-methyl/N-ethyl adjacent to an activating group) is 1. The minimum atomic E-state index is -0.0139. The SMILES string of the molecule is CC(=O)N(C)[C@H]1CCN(C(=O)c2cnc3c(c2)CC(C)(C)N3)C1. The molecule has 0 radical (unpaired) electrons. The fourth-order valence-corrected chi connectivity index (χ4v) is 3.40. The third-order valence-corrected chi connectivity index (χ3v) is 4.80. The molecule has 124 valence electrons. The van der Waals surface area contributed by atoms with Crippen molar-refractivity contribution in [1.29, 1.82) is 0 Å². The molecule has 1 atom stereocenters. The third kappa shape index (κ3) is 3.02. The summed E-state index contributed by atoms with van der Waals surface area (Å²) in [5.41, 5.74) is 1.71. The summed E-state index contributed by atoms with van der Waals surface area (Å²) in [6.07, 6.45) is 3.35. The van der Waals surface area contributed by atoms with Crippen LogP contribution in [0.5, 0.6) is 0 Å². The average Bonchev–Trinajstić information content (AvgIpc) is 3.07. The Balaban J connectivity index is 1.72. The van der Waals surface area contributed by atoms with E-state index in [4.69, 9.17) is 0 Å². The molecule has 1 aromatic heterocycles. The summed E-state index contributed by atoms with van der Waals surface area (Å²) >= 11 is 0. The van der Waals surface area contributed by atoms with Crippen LogP contribution in [0.1, 0.15) is 43.1 Å². The molecule has 0 bridgehead atoms. The summed E-state index contributed by atoms with van der Waals surface area (Å²) in [6, 6.07) is 2.06. The number of anilines is 1. The van der Waals surface area contributed by atoms with Crippen molar-refractivity contribution >= 4 is 17.6 Å². The van der Waals surface area contributed by atoms with Gasteiger partial charge in [-0.3, -0.25) is 9.59 Å². The zero-order valence-corrected chi connectivity index (χ0v) is 14.2. The quantitative estimate of drug-likeness (QED) is 0.898. The van der Waals surface area contributed by atoms with Gasteiger partial charge in [-0.05, 0) is 38.3 Å². The van der Waals surface area contributed by atoms with Gasteiger partial charge in [-0.25, -0.2) is 4.98 Å². The molecule has 6 nitrogen and oxygen atoms in total. The molecule has 1 N–H and O–H groups in total. The molecule has 3 rings (SSSR count). The van der Waals surface area contributed by atoms with E-state index in [1.54, 1.807) is 25.1 Å². The summed E-state index contributed by atoms with van der Waals surface area (Å²) in [5.74, 6) is 0.920. The van der Waals surface area contributed by atoms with E-state index >= 15 is 0 Å². The number of hydrogen-bond acceptors (Lipinski definition) is 4. The number of likely N-dealkylation sites (tertiary alicyclic amines) is 1. The second kappa shape index (κ2) is 5.51. The number of pyridine rings is 1. The van der Waals surface area contributed by atoms with Crippen LogP contribution in [0.25, 0.3) is 0 Å². The molecular weight excluding hydrogens is 292 g/mol. The van der Waals surface area contributed by atoms with Crippen LogP contribution in [0.2, 0.25) is 0 Å². The first kappa shape index (κ1) is 15.8. The van der Waals surface area contributed by atoms with Gasteiger partial charge in [0.15, 0.2) is 0 Å². The van der Waals surface area contributed by atoms with Gasteiger partial charge in [0.25, 0.3) is 5.91 Å². The van der Waals surface area contributed by atoms with Gasteiger partial charge in [0, 0.05) is 38.8 Å². The number of nitrogens with zero attached hydrogens (tertiary/aromatic N) is 3. The minimum absolute atomic E-state index is 0.00413. The lowest BCUT2D eigenvalue weighted by Gasteiger charge is -2.23. The number of hydrogen-bond donors (Lipinski definition) is 1. The average molecular weight is 316 g/mol. The highest BCUT2D eigenvalue weighted by Crippen LogP contribution is 2.31. The van der Waals surface area contributed by atoms with Gasteiger partial charge in [0.2, 0.25) is 5.91 Å². The second-order valence-corrected chi connectivity index (χ2v) is 7.24. The Morgan fingerprint density at radius 2 is 2.17 bits per heavy atom. The van der Waals surface area contributed by atoms with E-state index in [0.29, 0.717) is 18.7 Å². The first-order valence-electron chi connectivity index (χ1n) is 8.06. The second-order valence-electron chi connectivity index (χ2n) is 7.24. The van der Waals surface area contributed by atoms with Crippen LogP contribution in [0.3, 0.4) is 0 Å². The molecule has 1 saturated heterocycles. The molecule has 2 aliphatic rings. The van der Waals surface area contributed by atoms with Crippen LogP contribution < -0.4 is 5.32 Å². The topological polar surface area (TPSA) is 65.5 Å². The van der Waals surface area contributed by atoms with Gasteiger partial charge < -0.3 is 15.1 Å². The monoisotopic (exact) mass is 316 g/mol. The predicted molar refractivity (Wildman–Crippen MR) is 88.4 cm³/mol. The van der Waals surface area contributed by atoms with Crippen molar-refractivity contribution in [3.63, 3.8) is 0 Å². The molecule has 23 heavy (non-hydrogen) atoms. The summed E-state index contributed by atoms with van der Waals surface area (Å²) in [4.78, 5) is 32.1. The Hall–Kier alpha value is -2.11. The Morgan fingerprint density at radius 3 is 2.87 bits per heavy atom. The van der Waals surface area contributed by atoms with Gasteiger partial charge in [0.1, 0.15) is 5.82 Å². The fourth-order valence-electron chi connectivity index (χ4n) is 3.40. The molecule has 2 aliphatic heterocycles. The maximum Gasteiger partial charge on any atom is 0.255 e. The molecular formula is C17H24N4O2. The van der Waals surface area contributed by atoms with Crippen LogP contribution in [0.4, 0.5) is 5.82 Å². The van der Waals surface area contributed by atoms with E-state index in [-0.39, 0.29) is 23.4 Å². The molecule has 0 unspecified atom stereocenters. The molecule has 6 heteroatoms. The number of rotatable bonds is 2. The Kier molecular flexibility index (Phi) is 3.78. The van der Waals surface area contributed by atoms with Gasteiger partial charge in [-0.15, -0.1) is 0 Å². The highest BCUT2D eigenvalue weighted by atomic mass is 16.2. The van der Waals surface area contributed by atoms with Crippen molar-refractivity contribution in [2.45, 2.75) is 45.2 Å². The van der Waals surface area contributed by atoms with Crippen molar-refractivity contribution in [2.24, 2.45) is 0 Å². The number of carbonyl (C=O) groups excluding carboxylic acids is 2. The van der Waals surface area contributed by atoms with Crippen molar-refractivity contribution in [3.05, 3.63) is 23.4 Å². The smallest absolute Gasteiger partial charge is 0.255 e. The van der Waals surface area contributed by atoms with Gasteiger partial charge in [-0.1, -0.05) is 0 Å². The maximum absolute atomic E-state index is 12.7. The van der Waals surface area contributed by atoms with Crippen molar-refractivity contribution in [2.75, 3.05) is 25.5 Å². The molecule has 0 saturated carbocycles. The minimum Gasteiger partial charge on any atom is -0.365 e. The highest BCUT2D eigenvalue weighted by molar-refractivity contribution is 5.94. The third-order valence-electron chi connectivity index (χ3n) is 4.80. The number of nitrogens with one attached hydrogen (secondary N) is 1. The lowest BCUT2D eigenvalue weighted by molar-refractivity contribution is -0.129. The van der Waals surface area contributed by atoms with Gasteiger partial charge in [-0.2, -0.15) is 0 Å². The van der Waals surface area contributed by atoms with Crippen LogP contribution in [0.15, 0.2) is 12.3 Å². The zero-order chi connectivity index (χ0) is 16.8. The Morgan fingerprint density at radius 1 is 1.43 bits per heavy atom. The largest absolute Gasteiger partial charge is 0.365 e. The lowest BCUT2D eigenvalue weighted by Crippen LogP contribution is -2.38. The number of carbonyl (C=O) groups is 2. The van der Waals surface area contributed by atoms with Crippen molar-refractivity contribution in [1.82, 2.24) is 14.8 Å². The van der Waals surface area contributed by atoms with Crippen LogP contribution >= 0.6 is 0 Å². The molecule has 1 fully saturated rings. The van der Waals surface area contributed by atoms with E-state index in [9.17, 15) is 9.59 Å². The zero-order valence-electron chi connectivity index (χ0n) is 14.2. The molecule has 0 aliphatic carbocycles. The molecule has 2 amide bonds. The molecule has 1 aromatic rings. The fraction of sp³-hybridized carbons (Fsp3) is 0.588. The highest BCUT2D eigenvalue weighted by Gasteiger charge is 2.32. The van der Waals surface area contributed by atoms with E-state index < -0.39 is 0 Å². The first-order valence-corrected chi connectivity index (χ1v) is 8.06. The molecule has 3 heterocycles. The van der Waals surface area contributed by atoms with Crippen LogP contribution in [0, 0.1) is 0 Å². The van der Waals surface area contributed by atoms with Crippen molar-refractivity contribution in [3.8, 4) is 0 Å². The summed E-state index contributed by atoms with van der Waals surface area (Å²) in [7, 11) is 1.80. The van der Waals surface area contributed by atoms with E-state index in [2.05, 4.69) is 24.1 Å². The Bertz CT molecular complexity index is 656. The Labute approximate surface area is 136 Å². The number of aromatic nitrogens is 1. The van der Waals surface area contributed by atoms with E-state index in [1.165, 1.54) is 0 Å². The summed E-state index contributed by atoms with van der Waals surface area (Å²) < 4.78 is 0. The molecule has 0 aromatic carbocycles. The van der Waals surface area contributed by atoms with Crippen LogP contribution in [-0.2, 0) is 11.2 Å². The van der Waals surface area contributed by atoms with Gasteiger partial charge >= 0.3 is 0 Å². The standard InChI is InChI=1S/C17H24N4O2/c1-11(22)20(4)14-5-6-21(10-14)16(23)13-7-12-8-17(2,3)19-15(12)18-9-13/h7,9,14H,5-6,8,10H2,1-4H3,(H,18,19)/t14-/m0/s1. The van der Waals surface area contributed by atoms with Gasteiger partial charge in [0.05, 0.1) is 11.6 Å². The van der Waals surface area contributed by atoms with E-state index in [0.717, 1.165) is 24.2 Å². The lowest BCUT2D eigenvalue weighted by atomic mass is 10.00. The maximum atomic E-state index is 12.7. The van der Waals surface area contributed by atoms with E-state index in [1.807, 2.05) is 11.0 Å². The summed E-state index contributed by atoms with van der Waals surface area (Å²) in [5, 5.41) is 3.36. The normalized spacial score (nSPS) is 21.7. The first-order chi connectivity index (χ1) is 10.8.